The molecule has 2 heterocycles. The molecular formula is C12H11ClN6O2S2. The molecule has 3 aromatic rings. The minimum atomic E-state index is -3.80. The lowest BCUT2D eigenvalue weighted by Gasteiger charge is -2.06. The van der Waals surface area contributed by atoms with Crippen molar-refractivity contribution in [2.24, 2.45) is 5.14 Å². The highest BCUT2D eigenvalue weighted by molar-refractivity contribution is 7.91. The molecule has 3 rings (SSSR count). The number of nitrogens with two attached hydrogens (primary N) is 1. The van der Waals surface area contributed by atoms with Crippen LogP contribution < -0.4 is 10.5 Å². The van der Waals surface area contributed by atoms with E-state index in [-0.39, 0.29) is 9.23 Å². The Labute approximate surface area is 140 Å². The molecule has 0 aliphatic heterocycles. The van der Waals surface area contributed by atoms with Crippen LogP contribution in [-0.4, -0.2) is 28.6 Å². The van der Waals surface area contributed by atoms with Crippen LogP contribution in [0.5, 0.6) is 0 Å². The van der Waals surface area contributed by atoms with Gasteiger partial charge in [-0.3, -0.25) is 0 Å². The summed E-state index contributed by atoms with van der Waals surface area (Å²) < 4.78 is 24.3. The molecule has 0 radical (unpaired) electrons. The Bertz CT molecular complexity index is 923. The fourth-order valence-corrected chi connectivity index (χ4v) is 4.37. The van der Waals surface area contributed by atoms with E-state index >= 15 is 0 Å². The van der Waals surface area contributed by atoms with Crippen molar-refractivity contribution >= 4 is 38.6 Å². The van der Waals surface area contributed by atoms with Crippen LogP contribution in [0.25, 0.3) is 5.69 Å². The van der Waals surface area contributed by atoms with Gasteiger partial charge in [-0.05, 0) is 34.7 Å². The van der Waals surface area contributed by atoms with Gasteiger partial charge in [0.25, 0.3) is 0 Å². The lowest BCUT2D eigenvalue weighted by atomic mass is 10.2. The van der Waals surface area contributed by atoms with Gasteiger partial charge < -0.3 is 5.32 Å². The molecule has 11 heteroatoms. The van der Waals surface area contributed by atoms with Gasteiger partial charge >= 0.3 is 0 Å². The first-order valence-corrected chi connectivity index (χ1v) is 9.06. The van der Waals surface area contributed by atoms with E-state index in [1.165, 1.54) is 11.0 Å². The third-order valence-electron chi connectivity index (χ3n) is 2.89. The number of halogens is 1. The van der Waals surface area contributed by atoms with Gasteiger partial charge in [0.15, 0.2) is 4.21 Å². The number of aromatic nitrogens is 4. The summed E-state index contributed by atoms with van der Waals surface area (Å²) in [5.74, 6) is 0. The third kappa shape index (κ3) is 3.67. The normalized spacial score (nSPS) is 11.6. The Balaban J connectivity index is 1.75. The van der Waals surface area contributed by atoms with Crippen molar-refractivity contribution in [2.75, 3.05) is 5.32 Å². The Kier molecular flexibility index (Phi) is 4.31. The maximum Gasteiger partial charge on any atom is 0.249 e. The zero-order valence-corrected chi connectivity index (χ0v) is 13.9. The van der Waals surface area contributed by atoms with Gasteiger partial charge in [0.05, 0.1) is 10.7 Å². The highest BCUT2D eigenvalue weighted by atomic mass is 35.5. The summed E-state index contributed by atoms with van der Waals surface area (Å²) in [7, 11) is -3.80. The lowest BCUT2D eigenvalue weighted by Crippen LogP contribution is -2.10. The highest BCUT2D eigenvalue weighted by Gasteiger charge is 2.17. The van der Waals surface area contributed by atoms with Crippen LogP contribution in [0, 0.1) is 0 Å². The van der Waals surface area contributed by atoms with E-state index in [1.54, 1.807) is 6.07 Å². The number of anilines is 1. The number of nitrogens with one attached hydrogen (secondary N) is 1. The fourth-order valence-electron chi connectivity index (χ4n) is 1.91. The van der Waals surface area contributed by atoms with E-state index in [9.17, 15) is 8.42 Å². The van der Waals surface area contributed by atoms with E-state index in [0.29, 0.717) is 6.54 Å². The number of rotatable bonds is 5. The van der Waals surface area contributed by atoms with Crippen LogP contribution in [0.2, 0.25) is 5.02 Å². The van der Waals surface area contributed by atoms with Gasteiger partial charge in [-0.1, -0.05) is 17.7 Å². The monoisotopic (exact) mass is 370 g/mol. The predicted molar refractivity (Wildman–Crippen MR) is 87.2 cm³/mol. The van der Waals surface area contributed by atoms with Crippen molar-refractivity contribution in [2.45, 2.75) is 10.8 Å². The molecule has 8 nitrogen and oxygen atoms in total. The van der Waals surface area contributed by atoms with Crippen molar-refractivity contribution in [1.29, 1.82) is 0 Å². The van der Waals surface area contributed by atoms with Crippen LogP contribution in [0.1, 0.15) is 4.88 Å². The smallest absolute Gasteiger partial charge is 0.249 e. The molecular weight excluding hydrogens is 360 g/mol. The van der Waals surface area contributed by atoms with Crippen molar-refractivity contribution in [3.8, 4) is 5.69 Å². The lowest BCUT2D eigenvalue weighted by molar-refractivity contribution is 0.600. The molecule has 0 saturated heterocycles. The van der Waals surface area contributed by atoms with Crippen LogP contribution in [-0.2, 0) is 16.6 Å². The molecule has 120 valence electrons. The van der Waals surface area contributed by atoms with Gasteiger partial charge in [-0.25, -0.2) is 18.2 Å². The van der Waals surface area contributed by atoms with Gasteiger partial charge in [0.1, 0.15) is 6.33 Å². The molecule has 3 N–H and O–H groups in total. The van der Waals surface area contributed by atoms with Crippen LogP contribution >= 0.6 is 22.9 Å². The summed E-state index contributed by atoms with van der Waals surface area (Å²) in [5.41, 5.74) is 1.63. The first-order chi connectivity index (χ1) is 10.9. The van der Waals surface area contributed by atoms with Crippen LogP contribution in [0.4, 0.5) is 5.69 Å². The zero-order valence-electron chi connectivity index (χ0n) is 11.5. The van der Waals surface area contributed by atoms with Crippen molar-refractivity contribution in [3.63, 3.8) is 0 Å². The second kappa shape index (κ2) is 6.24. The van der Waals surface area contributed by atoms with Gasteiger partial charge in [-0.15, -0.1) is 16.4 Å². The number of nitrogens with zero attached hydrogens (tertiary/aromatic N) is 4. The zero-order chi connectivity index (χ0) is 16.4. The first-order valence-electron chi connectivity index (χ1n) is 6.32. The summed E-state index contributed by atoms with van der Waals surface area (Å²) >= 11 is 6.94. The fraction of sp³-hybridized carbons (Fsp3) is 0.0833. The number of benzene rings is 1. The number of sulfonamides is 1. The first kappa shape index (κ1) is 15.9. The number of primary sulfonamides is 1. The average Bonchev–Trinajstić information content (AvgIpc) is 3.14. The molecule has 0 amide bonds. The van der Waals surface area contributed by atoms with E-state index in [0.717, 1.165) is 27.6 Å². The maximum absolute atomic E-state index is 11.4. The topological polar surface area (TPSA) is 116 Å². The Morgan fingerprint density at radius 1 is 1.35 bits per heavy atom. The molecule has 2 aromatic heterocycles. The summed E-state index contributed by atoms with van der Waals surface area (Å²) in [6.45, 7) is 0.416. The molecule has 0 bridgehead atoms. The maximum atomic E-state index is 11.4. The van der Waals surface area contributed by atoms with Crippen molar-refractivity contribution < 1.29 is 8.42 Å². The standard InChI is InChI=1S/C12H11ClN6O2S2/c13-11-5-10(22-12(11)23(14,20)21)6-15-8-2-1-3-9(4-8)19-7-16-17-18-19/h1-5,7,15H,6H2,(H2,14,20,21). The minimum absolute atomic E-state index is 0.0293. The van der Waals surface area contributed by atoms with Crippen molar-refractivity contribution in [3.05, 3.63) is 46.6 Å². The predicted octanol–water partition coefficient (Wildman–Crippen LogP) is 1.64. The molecule has 0 spiro atoms. The number of tetrazole rings is 1. The number of thiophene rings is 1. The molecule has 0 aliphatic carbocycles. The number of hydrogen-bond donors (Lipinski definition) is 2. The van der Waals surface area contributed by atoms with Crippen LogP contribution in [0.3, 0.4) is 0 Å². The third-order valence-corrected chi connectivity index (χ3v) is 6.03. The summed E-state index contributed by atoms with van der Waals surface area (Å²) in [6, 6.07) is 9.05. The molecule has 23 heavy (non-hydrogen) atoms. The largest absolute Gasteiger partial charge is 0.380 e. The van der Waals surface area contributed by atoms with Crippen LogP contribution in [0.15, 0.2) is 40.9 Å². The Hall–Kier alpha value is -2.01. The van der Waals surface area contributed by atoms with E-state index < -0.39 is 10.0 Å². The summed E-state index contributed by atoms with van der Waals surface area (Å²) in [5, 5.41) is 19.4. The van der Waals surface area contributed by atoms with Gasteiger partial charge in [-0.2, -0.15) is 0 Å². The molecule has 0 atom stereocenters. The van der Waals surface area contributed by atoms with Gasteiger partial charge in [0, 0.05) is 17.1 Å². The Morgan fingerprint density at radius 2 is 2.17 bits per heavy atom. The summed E-state index contributed by atoms with van der Waals surface area (Å²) in [6.07, 6.45) is 1.50. The molecule has 0 saturated carbocycles. The van der Waals surface area contributed by atoms with E-state index in [4.69, 9.17) is 16.7 Å². The molecule has 0 aliphatic rings. The second-order valence-corrected chi connectivity index (χ2v) is 7.85. The molecule has 0 fully saturated rings. The average molecular weight is 371 g/mol. The Morgan fingerprint density at radius 3 is 2.83 bits per heavy atom. The highest BCUT2D eigenvalue weighted by Crippen LogP contribution is 2.30. The SMILES string of the molecule is NS(=O)(=O)c1sc(CNc2cccc(-n3cnnn3)c2)cc1Cl. The number of hydrogen-bond acceptors (Lipinski definition) is 7. The quantitative estimate of drug-likeness (QED) is 0.705. The van der Waals surface area contributed by atoms with Gasteiger partial charge in [0.2, 0.25) is 10.0 Å². The van der Waals surface area contributed by atoms with E-state index in [2.05, 4.69) is 20.8 Å². The minimum Gasteiger partial charge on any atom is -0.380 e. The molecule has 0 unspecified atom stereocenters. The molecule has 1 aromatic carbocycles. The summed E-state index contributed by atoms with van der Waals surface area (Å²) in [4.78, 5) is 0.756. The second-order valence-electron chi connectivity index (χ2n) is 4.55. The van der Waals surface area contributed by atoms with E-state index in [1.807, 2.05) is 24.3 Å². The van der Waals surface area contributed by atoms with Crippen molar-refractivity contribution in [1.82, 2.24) is 20.2 Å².